The molecule has 0 atom stereocenters. The monoisotopic (exact) mass is 361 g/mol. The molecule has 0 spiro atoms. The number of benzene rings is 2. The maximum Gasteiger partial charge on any atom is 0.254 e. The van der Waals surface area contributed by atoms with Crippen LogP contribution in [-0.2, 0) is 19.7 Å². The molecular weight excluding hydrogens is 338 g/mol. The first-order chi connectivity index (χ1) is 13.1. The molecule has 0 saturated heterocycles. The molecule has 138 valence electrons. The van der Waals surface area contributed by atoms with Crippen molar-refractivity contribution in [3.8, 4) is 5.88 Å². The number of fused-ring (bicyclic) bond motifs is 1. The Morgan fingerprint density at radius 2 is 1.67 bits per heavy atom. The highest BCUT2D eigenvalue weighted by atomic mass is 16.5. The van der Waals surface area contributed by atoms with E-state index in [-0.39, 0.29) is 5.91 Å². The number of hydrogen-bond acceptors (Lipinski definition) is 3. The summed E-state index contributed by atoms with van der Waals surface area (Å²) in [5, 5.41) is 4.52. The Balaban J connectivity index is 1.42. The predicted molar refractivity (Wildman–Crippen MR) is 104 cm³/mol. The largest absolute Gasteiger partial charge is 0.472 e. The van der Waals surface area contributed by atoms with E-state index in [0.29, 0.717) is 32.1 Å². The Kier molecular flexibility index (Phi) is 4.67. The highest BCUT2D eigenvalue weighted by Crippen LogP contribution is 2.20. The highest BCUT2D eigenvalue weighted by molar-refractivity contribution is 5.94. The van der Waals surface area contributed by atoms with Crippen molar-refractivity contribution in [3.05, 3.63) is 82.5 Å². The maximum atomic E-state index is 12.7. The molecule has 0 unspecified atom stereocenters. The maximum absolute atomic E-state index is 12.7. The van der Waals surface area contributed by atoms with Gasteiger partial charge in [0.15, 0.2) is 0 Å². The first-order valence-corrected chi connectivity index (χ1v) is 9.19. The third-order valence-corrected chi connectivity index (χ3v) is 4.87. The summed E-state index contributed by atoms with van der Waals surface area (Å²) in [6, 6.07) is 17.9. The van der Waals surface area contributed by atoms with Crippen molar-refractivity contribution in [1.82, 2.24) is 14.7 Å². The van der Waals surface area contributed by atoms with Gasteiger partial charge in [0.1, 0.15) is 6.61 Å². The van der Waals surface area contributed by atoms with Crippen molar-refractivity contribution in [2.45, 2.75) is 33.5 Å². The quantitative estimate of drug-likeness (QED) is 0.711. The highest BCUT2D eigenvalue weighted by Gasteiger charge is 2.23. The minimum atomic E-state index is 0.0598. The van der Waals surface area contributed by atoms with E-state index < -0.39 is 0 Å². The summed E-state index contributed by atoms with van der Waals surface area (Å²) in [5.74, 6) is 0.666. The van der Waals surface area contributed by atoms with Crippen molar-refractivity contribution in [2.24, 2.45) is 0 Å². The standard InChI is InChI=1S/C22H23N3O2/c1-16-3-7-18(8-4-16)15-27-21-13-20-14-24(11-12-25(20)23-21)22(26)19-9-5-17(2)6-10-19/h3-10,13H,11-12,14-15H2,1-2H3. The number of rotatable bonds is 4. The zero-order valence-corrected chi connectivity index (χ0v) is 15.7. The van der Waals surface area contributed by atoms with Gasteiger partial charge in [0.25, 0.3) is 5.91 Å². The van der Waals surface area contributed by atoms with Crippen molar-refractivity contribution < 1.29 is 9.53 Å². The fourth-order valence-corrected chi connectivity index (χ4v) is 3.20. The summed E-state index contributed by atoms with van der Waals surface area (Å²) in [6.07, 6.45) is 0. The number of carbonyl (C=O) groups excluding carboxylic acids is 1. The van der Waals surface area contributed by atoms with E-state index in [1.807, 2.05) is 46.8 Å². The number of ether oxygens (including phenoxy) is 1. The third-order valence-electron chi connectivity index (χ3n) is 4.87. The van der Waals surface area contributed by atoms with Crippen LogP contribution in [0.4, 0.5) is 0 Å². The Bertz CT molecular complexity index is 943. The lowest BCUT2D eigenvalue weighted by Crippen LogP contribution is -2.38. The lowest BCUT2D eigenvalue weighted by molar-refractivity contribution is 0.0706. The van der Waals surface area contributed by atoms with E-state index in [1.165, 1.54) is 5.56 Å². The summed E-state index contributed by atoms with van der Waals surface area (Å²) in [4.78, 5) is 14.6. The second-order valence-electron chi connectivity index (χ2n) is 7.06. The second-order valence-corrected chi connectivity index (χ2v) is 7.06. The van der Waals surface area contributed by atoms with Crippen molar-refractivity contribution in [3.63, 3.8) is 0 Å². The molecule has 0 N–H and O–H groups in total. The minimum absolute atomic E-state index is 0.0598. The molecule has 0 bridgehead atoms. The molecule has 5 nitrogen and oxygen atoms in total. The lowest BCUT2D eigenvalue weighted by atomic mass is 10.1. The summed E-state index contributed by atoms with van der Waals surface area (Å²) >= 11 is 0. The number of aryl methyl sites for hydroxylation is 2. The Morgan fingerprint density at radius 1 is 1.00 bits per heavy atom. The van der Waals surface area contributed by atoms with E-state index in [4.69, 9.17) is 4.74 Å². The molecule has 1 aromatic heterocycles. The Morgan fingerprint density at radius 3 is 2.37 bits per heavy atom. The topological polar surface area (TPSA) is 47.4 Å². The van der Waals surface area contributed by atoms with E-state index in [9.17, 15) is 4.79 Å². The molecule has 27 heavy (non-hydrogen) atoms. The van der Waals surface area contributed by atoms with E-state index in [2.05, 4.69) is 36.3 Å². The van der Waals surface area contributed by atoms with Crippen LogP contribution in [0.5, 0.6) is 5.88 Å². The molecule has 2 aromatic carbocycles. The first kappa shape index (κ1) is 17.3. The average molecular weight is 361 g/mol. The van der Waals surface area contributed by atoms with Gasteiger partial charge in [-0.3, -0.25) is 9.48 Å². The summed E-state index contributed by atoms with van der Waals surface area (Å²) in [7, 11) is 0. The fraction of sp³-hybridized carbons (Fsp3) is 0.273. The number of nitrogens with zero attached hydrogens (tertiary/aromatic N) is 3. The molecule has 1 amide bonds. The molecule has 0 aliphatic carbocycles. The van der Waals surface area contributed by atoms with Crippen LogP contribution in [0.1, 0.15) is 32.7 Å². The fourth-order valence-electron chi connectivity index (χ4n) is 3.20. The number of carbonyl (C=O) groups is 1. The minimum Gasteiger partial charge on any atom is -0.472 e. The molecule has 5 heteroatoms. The van der Waals surface area contributed by atoms with Crippen molar-refractivity contribution in [2.75, 3.05) is 6.54 Å². The Labute approximate surface area is 159 Å². The smallest absolute Gasteiger partial charge is 0.254 e. The van der Waals surface area contributed by atoms with Crippen LogP contribution in [0.2, 0.25) is 0 Å². The first-order valence-electron chi connectivity index (χ1n) is 9.19. The third kappa shape index (κ3) is 3.87. The van der Waals surface area contributed by atoms with Gasteiger partial charge in [-0.25, -0.2) is 0 Å². The molecule has 3 aromatic rings. The molecular formula is C22H23N3O2. The lowest BCUT2D eigenvalue weighted by Gasteiger charge is -2.27. The van der Waals surface area contributed by atoms with Gasteiger partial charge in [0.2, 0.25) is 5.88 Å². The zero-order chi connectivity index (χ0) is 18.8. The van der Waals surface area contributed by atoms with Crippen LogP contribution in [0.15, 0.2) is 54.6 Å². The van der Waals surface area contributed by atoms with Gasteiger partial charge < -0.3 is 9.64 Å². The summed E-state index contributed by atoms with van der Waals surface area (Å²) in [6.45, 7) is 6.46. The average Bonchev–Trinajstić information content (AvgIpc) is 3.09. The molecule has 0 fully saturated rings. The van der Waals surface area contributed by atoms with Crippen LogP contribution < -0.4 is 4.74 Å². The zero-order valence-electron chi connectivity index (χ0n) is 15.7. The summed E-state index contributed by atoms with van der Waals surface area (Å²) < 4.78 is 7.78. The van der Waals surface area contributed by atoms with Gasteiger partial charge >= 0.3 is 0 Å². The molecule has 2 heterocycles. The second kappa shape index (κ2) is 7.27. The number of aromatic nitrogens is 2. The normalized spacial score (nSPS) is 13.3. The van der Waals surface area contributed by atoms with Crippen LogP contribution in [0.3, 0.4) is 0 Å². The van der Waals surface area contributed by atoms with Crippen molar-refractivity contribution in [1.29, 1.82) is 0 Å². The van der Waals surface area contributed by atoms with Gasteiger partial charge in [0, 0.05) is 18.2 Å². The molecule has 0 radical (unpaired) electrons. The van der Waals surface area contributed by atoms with Gasteiger partial charge in [0.05, 0.1) is 18.8 Å². The van der Waals surface area contributed by atoms with Gasteiger partial charge in [-0.1, -0.05) is 47.5 Å². The SMILES string of the molecule is Cc1ccc(COc2cc3n(n2)CCN(C(=O)c2ccc(C)cc2)C3)cc1. The van der Waals surface area contributed by atoms with Crippen LogP contribution in [0, 0.1) is 13.8 Å². The molecule has 0 saturated carbocycles. The Hall–Kier alpha value is -3.08. The van der Waals surface area contributed by atoms with Crippen LogP contribution in [0.25, 0.3) is 0 Å². The number of amides is 1. The summed E-state index contributed by atoms with van der Waals surface area (Å²) in [5.41, 5.74) is 5.22. The van der Waals surface area contributed by atoms with Gasteiger partial charge in [-0.05, 0) is 31.5 Å². The molecule has 4 rings (SSSR count). The van der Waals surface area contributed by atoms with Gasteiger partial charge in [-0.15, -0.1) is 5.10 Å². The van der Waals surface area contributed by atoms with Gasteiger partial charge in [-0.2, -0.15) is 0 Å². The van der Waals surface area contributed by atoms with E-state index in [1.54, 1.807) is 0 Å². The van der Waals surface area contributed by atoms with E-state index in [0.717, 1.165) is 22.4 Å². The molecule has 1 aliphatic heterocycles. The van der Waals surface area contributed by atoms with Crippen molar-refractivity contribution >= 4 is 5.91 Å². The molecule has 1 aliphatic rings. The van der Waals surface area contributed by atoms with Crippen LogP contribution >= 0.6 is 0 Å². The van der Waals surface area contributed by atoms with E-state index >= 15 is 0 Å². The predicted octanol–water partition coefficient (Wildman–Crippen LogP) is 3.73. The van der Waals surface area contributed by atoms with Crippen LogP contribution in [-0.4, -0.2) is 27.1 Å². The number of hydrogen-bond donors (Lipinski definition) is 0.